The molecular weight excluding hydrogens is 420 g/mol. The molecule has 2 heterocycles. The lowest BCUT2D eigenvalue weighted by atomic mass is 9.80. The number of rotatable bonds is 8. The number of hydrogen-bond acceptors (Lipinski definition) is 4. The van der Waals surface area contributed by atoms with Crippen molar-refractivity contribution in [2.24, 2.45) is 0 Å². The maximum Gasteiger partial charge on any atom is 0.143 e. The van der Waals surface area contributed by atoms with E-state index < -0.39 is 5.60 Å². The van der Waals surface area contributed by atoms with E-state index in [1.807, 2.05) is 0 Å². The summed E-state index contributed by atoms with van der Waals surface area (Å²) in [4.78, 5) is 0. The van der Waals surface area contributed by atoms with Gasteiger partial charge in [-0.1, -0.05) is 91.0 Å². The molecule has 5 rings (SSSR count). The molecule has 2 aliphatic rings. The summed E-state index contributed by atoms with van der Waals surface area (Å²) in [5.74, 6) is 2.56. The Morgan fingerprint density at radius 1 is 0.710 bits per heavy atom. The minimum Gasteiger partial charge on any atom is -0.367 e. The van der Waals surface area contributed by atoms with Crippen molar-refractivity contribution in [3.05, 3.63) is 108 Å². The van der Waals surface area contributed by atoms with Gasteiger partial charge in [0.1, 0.15) is 11.7 Å². The molecule has 2 atom stereocenters. The highest BCUT2D eigenvalue weighted by molar-refractivity contribution is 8.17. The first-order chi connectivity index (χ1) is 15.4. The molecular formula is C27H28O2S2. The molecule has 160 valence electrons. The van der Waals surface area contributed by atoms with E-state index in [-0.39, 0.29) is 6.10 Å². The molecule has 2 aliphatic heterocycles. The Balaban J connectivity index is 1.42. The van der Waals surface area contributed by atoms with Gasteiger partial charge in [-0.3, -0.25) is 0 Å². The Morgan fingerprint density at radius 3 is 1.68 bits per heavy atom. The van der Waals surface area contributed by atoms with Gasteiger partial charge in [0.15, 0.2) is 0 Å². The van der Waals surface area contributed by atoms with Gasteiger partial charge in [0.25, 0.3) is 0 Å². The summed E-state index contributed by atoms with van der Waals surface area (Å²) in [6.07, 6.45) is 2.96. The second kappa shape index (κ2) is 9.83. The fraction of sp³-hybridized carbons (Fsp3) is 0.333. The molecule has 0 bridgehead atoms. The SMILES string of the molecule is c1ccc(C(OC[C@H]2O[C@H]2CC2SCCCS2)(c2ccccc2)c2ccccc2)cc1. The molecule has 4 heteroatoms. The zero-order chi connectivity index (χ0) is 20.9. The van der Waals surface area contributed by atoms with E-state index in [2.05, 4.69) is 115 Å². The summed E-state index contributed by atoms with van der Waals surface area (Å²) >= 11 is 4.18. The highest BCUT2D eigenvalue weighted by Crippen LogP contribution is 2.43. The van der Waals surface area contributed by atoms with Crippen molar-refractivity contribution in [1.82, 2.24) is 0 Å². The second-order valence-corrected chi connectivity index (χ2v) is 11.0. The molecule has 3 aromatic carbocycles. The van der Waals surface area contributed by atoms with Gasteiger partial charge in [0.2, 0.25) is 0 Å². The lowest BCUT2D eigenvalue weighted by molar-refractivity contribution is 0.00427. The Bertz CT molecular complexity index is 846. The third kappa shape index (κ3) is 4.73. The van der Waals surface area contributed by atoms with Crippen molar-refractivity contribution >= 4 is 23.5 Å². The zero-order valence-corrected chi connectivity index (χ0v) is 19.2. The summed E-state index contributed by atoms with van der Waals surface area (Å²) in [7, 11) is 0. The Kier molecular flexibility index (Phi) is 6.70. The van der Waals surface area contributed by atoms with E-state index >= 15 is 0 Å². The average Bonchev–Trinajstić information content (AvgIpc) is 3.60. The third-order valence-corrected chi connectivity index (χ3v) is 9.01. The van der Waals surface area contributed by atoms with Gasteiger partial charge in [-0.05, 0) is 41.0 Å². The zero-order valence-electron chi connectivity index (χ0n) is 17.6. The van der Waals surface area contributed by atoms with Crippen LogP contribution in [-0.4, -0.2) is 34.9 Å². The molecule has 2 nitrogen and oxygen atoms in total. The van der Waals surface area contributed by atoms with Gasteiger partial charge in [-0.15, -0.1) is 23.5 Å². The molecule has 2 fully saturated rings. The van der Waals surface area contributed by atoms with Crippen molar-refractivity contribution in [3.8, 4) is 0 Å². The Morgan fingerprint density at radius 2 is 1.19 bits per heavy atom. The van der Waals surface area contributed by atoms with E-state index in [0.29, 0.717) is 17.3 Å². The van der Waals surface area contributed by atoms with E-state index in [0.717, 1.165) is 23.1 Å². The van der Waals surface area contributed by atoms with Gasteiger partial charge in [-0.25, -0.2) is 0 Å². The molecule has 0 saturated carbocycles. The summed E-state index contributed by atoms with van der Waals surface area (Å²) in [6.45, 7) is 0.589. The van der Waals surface area contributed by atoms with Crippen LogP contribution in [0.2, 0.25) is 0 Å². The lowest BCUT2D eigenvalue weighted by Gasteiger charge is -2.35. The number of thioether (sulfide) groups is 2. The Hall–Kier alpha value is -1.72. The molecule has 3 aromatic rings. The average molecular weight is 449 g/mol. The summed E-state index contributed by atoms with van der Waals surface area (Å²) in [5.41, 5.74) is 2.77. The maximum atomic E-state index is 6.89. The predicted molar refractivity (Wildman–Crippen MR) is 132 cm³/mol. The topological polar surface area (TPSA) is 21.8 Å². The molecule has 0 aliphatic carbocycles. The van der Waals surface area contributed by atoms with Crippen LogP contribution in [0.4, 0.5) is 0 Å². The van der Waals surface area contributed by atoms with Crippen LogP contribution in [-0.2, 0) is 15.1 Å². The first-order valence-corrected chi connectivity index (χ1v) is 13.2. The monoisotopic (exact) mass is 448 g/mol. The van der Waals surface area contributed by atoms with Crippen LogP contribution in [0.5, 0.6) is 0 Å². The van der Waals surface area contributed by atoms with Gasteiger partial charge in [0, 0.05) is 0 Å². The highest BCUT2D eigenvalue weighted by Gasteiger charge is 2.45. The van der Waals surface area contributed by atoms with Crippen LogP contribution in [0.3, 0.4) is 0 Å². The standard InChI is InChI=1S/C27H28O2S2/c1-4-11-21(12-5-1)27(22-13-6-2-7-14-22,23-15-8-3-9-16-23)28-20-25-24(29-25)19-26-30-17-10-18-31-26/h1-9,11-16,24-26H,10,17-20H2/t24-,25+/m0/s1. The third-order valence-electron chi connectivity index (χ3n) is 6.01. The van der Waals surface area contributed by atoms with Crippen molar-refractivity contribution in [1.29, 1.82) is 0 Å². The molecule has 0 radical (unpaired) electrons. The largest absolute Gasteiger partial charge is 0.367 e. The van der Waals surface area contributed by atoms with Gasteiger partial charge in [0.05, 0.1) is 17.3 Å². The first kappa shape index (κ1) is 21.1. The Labute approximate surface area is 193 Å². The van der Waals surface area contributed by atoms with Crippen molar-refractivity contribution < 1.29 is 9.47 Å². The molecule has 0 aromatic heterocycles. The molecule has 31 heavy (non-hydrogen) atoms. The molecule has 2 saturated heterocycles. The van der Waals surface area contributed by atoms with E-state index in [1.54, 1.807) is 0 Å². The first-order valence-electron chi connectivity index (χ1n) is 11.1. The quantitative estimate of drug-likeness (QED) is 0.296. The van der Waals surface area contributed by atoms with Crippen LogP contribution in [0.25, 0.3) is 0 Å². The van der Waals surface area contributed by atoms with Gasteiger partial charge >= 0.3 is 0 Å². The summed E-state index contributed by atoms with van der Waals surface area (Å²) < 4.78 is 13.6. The van der Waals surface area contributed by atoms with Crippen LogP contribution in [0.1, 0.15) is 29.5 Å². The number of benzene rings is 3. The normalized spacial score (nSPS) is 21.7. The van der Waals surface area contributed by atoms with Gasteiger partial charge in [-0.2, -0.15) is 0 Å². The lowest BCUT2D eigenvalue weighted by Crippen LogP contribution is -2.34. The van der Waals surface area contributed by atoms with Crippen molar-refractivity contribution in [2.75, 3.05) is 18.1 Å². The molecule has 0 spiro atoms. The minimum absolute atomic E-state index is 0.179. The predicted octanol–water partition coefficient (Wildman–Crippen LogP) is 6.35. The summed E-state index contributed by atoms with van der Waals surface area (Å²) in [5, 5.41) is 0. The fourth-order valence-corrected chi connectivity index (χ4v) is 7.32. The van der Waals surface area contributed by atoms with Crippen LogP contribution in [0, 0.1) is 0 Å². The van der Waals surface area contributed by atoms with Crippen molar-refractivity contribution in [2.45, 2.75) is 35.2 Å². The molecule has 0 N–H and O–H groups in total. The minimum atomic E-state index is -0.658. The van der Waals surface area contributed by atoms with E-state index in [1.165, 1.54) is 17.9 Å². The van der Waals surface area contributed by atoms with Gasteiger partial charge < -0.3 is 9.47 Å². The fourth-order valence-electron chi connectivity index (χ4n) is 4.37. The smallest absolute Gasteiger partial charge is 0.143 e. The molecule has 0 unspecified atom stereocenters. The van der Waals surface area contributed by atoms with E-state index in [4.69, 9.17) is 9.47 Å². The van der Waals surface area contributed by atoms with E-state index in [9.17, 15) is 0 Å². The van der Waals surface area contributed by atoms with Crippen LogP contribution in [0.15, 0.2) is 91.0 Å². The van der Waals surface area contributed by atoms with Crippen LogP contribution >= 0.6 is 23.5 Å². The number of epoxide rings is 1. The second-order valence-electron chi connectivity index (χ2n) is 8.06. The highest BCUT2D eigenvalue weighted by atomic mass is 32.2. The number of hydrogen-bond donors (Lipinski definition) is 0. The number of ether oxygens (including phenoxy) is 2. The van der Waals surface area contributed by atoms with Crippen molar-refractivity contribution in [3.63, 3.8) is 0 Å². The molecule has 0 amide bonds. The maximum absolute atomic E-state index is 6.89. The summed E-state index contributed by atoms with van der Waals surface area (Å²) in [6, 6.07) is 31.7. The van der Waals surface area contributed by atoms with Crippen LogP contribution < -0.4 is 0 Å².